The zero-order valence-corrected chi connectivity index (χ0v) is 16.0. The number of rotatable bonds is 6. The Morgan fingerprint density at radius 2 is 1.76 bits per heavy atom. The van der Waals surface area contributed by atoms with Crippen LogP contribution in [0.25, 0.3) is 10.9 Å². The van der Waals surface area contributed by atoms with Crippen molar-refractivity contribution in [3.8, 4) is 0 Å². The highest BCUT2D eigenvalue weighted by Gasteiger charge is 2.28. The van der Waals surface area contributed by atoms with Crippen molar-refractivity contribution in [2.75, 3.05) is 0 Å². The van der Waals surface area contributed by atoms with Crippen molar-refractivity contribution < 1.29 is 14.3 Å². The number of aromatic nitrogens is 2. The molecule has 29 heavy (non-hydrogen) atoms. The van der Waals surface area contributed by atoms with E-state index in [1.165, 1.54) is 12.4 Å². The molecule has 4 aromatic rings. The van der Waals surface area contributed by atoms with Crippen LogP contribution in [0.15, 0.2) is 79.3 Å². The van der Waals surface area contributed by atoms with Gasteiger partial charge in [0.25, 0.3) is 0 Å². The molecule has 4 rings (SSSR count). The van der Waals surface area contributed by atoms with Crippen molar-refractivity contribution in [2.24, 2.45) is 0 Å². The Balaban J connectivity index is 1.74. The molecule has 0 saturated carbocycles. The minimum atomic E-state index is -1.04. The predicted octanol–water partition coefficient (Wildman–Crippen LogP) is 4.91. The fourth-order valence-electron chi connectivity index (χ4n) is 3.42. The second kappa shape index (κ2) is 8.10. The van der Waals surface area contributed by atoms with Crippen LogP contribution >= 0.6 is 0 Å². The first kappa shape index (κ1) is 18.6. The summed E-state index contributed by atoms with van der Waals surface area (Å²) in [5, 5.41) is 0.829. The number of para-hydroxylation sites is 1. The lowest BCUT2D eigenvalue weighted by Crippen LogP contribution is -2.20. The number of aromatic amines is 1. The van der Waals surface area contributed by atoms with Crippen LogP contribution in [0, 0.1) is 0 Å². The topological polar surface area (TPSA) is 72.1 Å². The molecule has 0 radical (unpaired) electrons. The number of fused-ring (bicyclic) bond motifs is 1. The minimum Gasteiger partial charge on any atom is -0.445 e. The summed E-state index contributed by atoms with van der Waals surface area (Å²) in [6.45, 7) is 2.07. The molecule has 0 aliphatic carbocycles. The van der Waals surface area contributed by atoms with Crippen molar-refractivity contribution in [1.82, 2.24) is 9.97 Å². The van der Waals surface area contributed by atoms with Gasteiger partial charge in [0.15, 0.2) is 6.10 Å². The van der Waals surface area contributed by atoms with E-state index in [0.717, 1.165) is 22.9 Å². The number of pyridine rings is 1. The summed E-state index contributed by atoms with van der Waals surface area (Å²) >= 11 is 0. The highest BCUT2D eigenvalue weighted by molar-refractivity contribution is 6.11. The normalized spacial score (nSPS) is 11.9. The maximum absolute atomic E-state index is 13.5. The summed E-state index contributed by atoms with van der Waals surface area (Å²) in [6, 6.07) is 18.1. The first-order valence-corrected chi connectivity index (χ1v) is 9.48. The average Bonchev–Trinajstić information content (AvgIpc) is 3.22. The van der Waals surface area contributed by atoms with E-state index in [9.17, 15) is 9.59 Å². The number of carbonyl (C=O) groups excluding carboxylic acids is 2. The smallest absolute Gasteiger partial charge is 0.339 e. The van der Waals surface area contributed by atoms with Crippen LogP contribution in [0.4, 0.5) is 0 Å². The Bertz CT molecular complexity index is 1150. The monoisotopic (exact) mass is 384 g/mol. The molecule has 5 heteroatoms. The number of Topliss-reactive ketones (excluding diaryl/α,β-unsaturated/α-hetero) is 1. The summed E-state index contributed by atoms with van der Waals surface area (Å²) in [5.41, 5.74) is 3.55. The molecule has 0 aliphatic rings. The molecule has 2 aromatic heterocycles. The van der Waals surface area contributed by atoms with Gasteiger partial charge in [-0.05, 0) is 24.1 Å². The van der Waals surface area contributed by atoms with E-state index in [-0.39, 0.29) is 5.78 Å². The van der Waals surface area contributed by atoms with E-state index in [2.05, 4.69) is 16.9 Å². The number of ketones is 1. The Kier molecular flexibility index (Phi) is 5.20. The zero-order valence-electron chi connectivity index (χ0n) is 16.0. The van der Waals surface area contributed by atoms with Crippen molar-refractivity contribution in [2.45, 2.75) is 19.4 Å². The third-order valence-corrected chi connectivity index (χ3v) is 4.93. The Labute approximate surface area is 168 Å². The van der Waals surface area contributed by atoms with Gasteiger partial charge in [-0.3, -0.25) is 9.78 Å². The molecule has 2 aromatic carbocycles. The number of hydrogen-bond donors (Lipinski definition) is 1. The standard InChI is InChI=1S/C24H20N2O3/c1-2-16-9-6-10-19-20(15-26-21(16)19)22(27)23(17-7-4-3-5-8-17)29-24(28)18-11-13-25-14-12-18/h3-15,23,26H,2H2,1H3/t23-/m1/s1. The molecule has 0 aliphatic heterocycles. The van der Waals surface area contributed by atoms with Gasteiger partial charge < -0.3 is 9.72 Å². The molecule has 1 N–H and O–H groups in total. The van der Waals surface area contributed by atoms with Gasteiger partial charge in [-0.25, -0.2) is 4.79 Å². The minimum absolute atomic E-state index is 0.266. The average molecular weight is 384 g/mol. The number of H-pyrrole nitrogens is 1. The van der Waals surface area contributed by atoms with Crippen LogP contribution in [0.1, 0.15) is 44.9 Å². The van der Waals surface area contributed by atoms with Gasteiger partial charge in [0.1, 0.15) is 0 Å². The SMILES string of the molecule is CCc1cccc2c(C(=O)[C@H](OC(=O)c3ccncc3)c3ccccc3)c[nH]c12. The number of hydrogen-bond acceptors (Lipinski definition) is 4. The van der Waals surface area contributed by atoms with Crippen molar-refractivity contribution in [3.05, 3.63) is 102 Å². The van der Waals surface area contributed by atoms with Crippen molar-refractivity contribution in [3.63, 3.8) is 0 Å². The maximum atomic E-state index is 13.5. The van der Waals surface area contributed by atoms with Crippen molar-refractivity contribution >= 4 is 22.7 Å². The summed E-state index contributed by atoms with van der Waals surface area (Å²) in [4.78, 5) is 33.3. The van der Waals surface area contributed by atoms with E-state index < -0.39 is 12.1 Å². The Morgan fingerprint density at radius 3 is 2.48 bits per heavy atom. The Morgan fingerprint density at radius 1 is 1.00 bits per heavy atom. The lowest BCUT2D eigenvalue weighted by Gasteiger charge is -2.17. The van der Waals surface area contributed by atoms with Crippen LogP contribution < -0.4 is 0 Å². The highest BCUT2D eigenvalue weighted by Crippen LogP contribution is 2.29. The summed E-state index contributed by atoms with van der Waals surface area (Å²) in [6.07, 6.45) is 4.54. The first-order chi connectivity index (χ1) is 14.2. The van der Waals surface area contributed by atoms with E-state index >= 15 is 0 Å². The molecule has 5 nitrogen and oxygen atoms in total. The van der Waals surface area contributed by atoms with Gasteiger partial charge >= 0.3 is 5.97 Å². The molecule has 0 saturated heterocycles. The number of nitrogens with zero attached hydrogens (tertiary/aromatic N) is 1. The van der Waals surface area contributed by atoms with Crippen molar-refractivity contribution in [1.29, 1.82) is 0 Å². The van der Waals surface area contributed by atoms with Crippen LogP contribution in [-0.4, -0.2) is 21.7 Å². The van der Waals surface area contributed by atoms with Crippen LogP contribution in [0.5, 0.6) is 0 Å². The molecule has 144 valence electrons. The molecular formula is C24H20N2O3. The van der Waals surface area contributed by atoms with Gasteiger partial charge in [0.05, 0.1) is 5.56 Å². The lowest BCUT2D eigenvalue weighted by molar-refractivity contribution is 0.0280. The number of nitrogens with one attached hydrogen (secondary N) is 1. The molecule has 0 bridgehead atoms. The largest absolute Gasteiger partial charge is 0.445 e. The number of benzene rings is 2. The van der Waals surface area contributed by atoms with E-state index in [1.54, 1.807) is 30.5 Å². The lowest BCUT2D eigenvalue weighted by atomic mass is 9.98. The van der Waals surface area contributed by atoms with Gasteiger partial charge in [0.2, 0.25) is 5.78 Å². The molecule has 0 unspecified atom stereocenters. The first-order valence-electron chi connectivity index (χ1n) is 9.48. The third-order valence-electron chi connectivity index (χ3n) is 4.93. The predicted molar refractivity (Wildman–Crippen MR) is 111 cm³/mol. The van der Waals surface area contributed by atoms with Crippen LogP contribution in [-0.2, 0) is 11.2 Å². The summed E-state index contributed by atoms with van der Waals surface area (Å²) in [7, 11) is 0. The summed E-state index contributed by atoms with van der Waals surface area (Å²) < 4.78 is 5.68. The number of carbonyl (C=O) groups is 2. The zero-order chi connectivity index (χ0) is 20.2. The fraction of sp³-hybridized carbons (Fsp3) is 0.125. The van der Waals surface area contributed by atoms with E-state index in [4.69, 9.17) is 4.74 Å². The number of ether oxygens (including phenoxy) is 1. The maximum Gasteiger partial charge on any atom is 0.339 e. The van der Waals surface area contributed by atoms with E-state index in [1.807, 2.05) is 36.4 Å². The fourth-order valence-corrected chi connectivity index (χ4v) is 3.42. The Hall–Kier alpha value is -3.73. The van der Waals surface area contributed by atoms with Gasteiger partial charge in [0, 0.05) is 40.6 Å². The highest BCUT2D eigenvalue weighted by atomic mass is 16.5. The van der Waals surface area contributed by atoms with Crippen LogP contribution in [0.3, 0.4) is 0 Å². The molecule has 2 heterocycles. The second-order valence-corrected chi connectivity index (χ2v) is 6.69. The molecule has 0 amide bonds. The number of esters is 1. The quantitative estimate of drug-likeness (QED) is 0.379. The molecular weight excluding hydrogens is 364 g/mol. The number of aryl methyl sites for hydroxylation is 1. The summed E-state index contributed by atoms with van der Waals surface area (Å²) in [5.74, 6) is -0.832. The molecule has 0 fully saturated rings. The van der Waals surface area contributed by atoms with Gasteiger partial charge in [-0.2, -0.15) is 0 Å². The second-order valence-electron chi connectivity index (χ2n) is 6.69. The molecule has 0 spiro atoms. The molecule has 1 atom stereocenters. The van der Waals surface area contributed by atoms with Gasteiger partial charge in [-0.1, -0.05) is 55.5 Å². The van der Waals surface area contributed by atoms with Gasteiger partial charge in [-0.15, -0.1) is 0 Å². The van der Waals surface area contributed by atoms with Crippen LogP contribution in [0.2, 0.25) is 0 Å². The third kappa shape index (κ3) is 3.67. The van der Waals surface area contributed by atoms with E-state index in [0.29, 0.717) is 16.7 Å².